The summed E-state index contributed by atoms with van der Waals surface area (Å²) in [6.07, 6.45) is 3.32. The van der Waals surface area contributed by atoms with Crippen LogP contribution in [0.5, 0.6) is 0 Å². The highest BCUT2D eigenvalue weighted by molar-refractivity contribution is 7.89. The number of unbranched alkanes of at least 4 members (excludes halogenated alkanes) is 1. The smallest absolute Gasteiger partial charge is 0.243 e. The third kappa shape index (κ3) is 4.20. The second-order valence-corrected chi connectivity index (χ2v) is 7.31. The summed E-state index contributed by atoms with van der Waals surface area (Å²) in [5.41, 5.74) is 7.12. The van der Waals surface area contributed by atoms with Gasteiger partial charge in [0.1, 0.15) is 0 Å². The van der Waals surface area contributed by atoms with Gasteiger partial charge >= 0.3 is 0 Å². The molecule has 1 aromatic rings. The highest BCUT2D eigenvalue weighted by Crippen LogP contribution is 2.26. The third-order valence-corrected chi connectivity index (χ3v) is 5.97. The number of nitrogens with zero attached hydrogens (tertiary/aromatic N) is 1. The quantitative estimate of drug-likeness (QED) is 0.748. The minimum atomic E-state index is -3.50. The number of nitrogens with two attached hydrogens (primary N) is 1. The Kier molecular flexibility index (Phi) is 6.68. The predicted octanol–water partition coefficient (Wildman–Crippen LogP) is 3.42. The molecule has 0 aliphatic carbocycles. The molecule has 1 unspecified atom stereocenters. The van der Waals surface area contributed by atoms with Crippen LogP contribution in [0.25, 0.3) is 0 Å². The minimum Gasteiger partial charge on any atom is -0.399 e. The van der Waals surface area contributed by atoms with E-state index < -0.39 is 10.0 Å². The highest BCUT2D eigenvalue weighted by Gasteiger charge is 2.29. The van der Waals surface area contributed by atoms with E-state index in [4.69, 9.17) is 5.73 Å². The summed E-state index contributed by atoms with van der Waals surface area (Å²) in [4.78, 5) is 0.362. The molecular weight excluding hydrogens is 284 g/mol. The molecule has 1 aromatic carbocycles. The van der Waals surface area contributed by atoms with E-state index in [1.165, 1.54) is 0 Å². The van der Waals surface area contributed by atoms with Gasteiger partial charge in [-0.25, -0.2) is 8.42 Å². The molecule has 4 nitrogen and oxygen atoms in total. The molecule has 0 spiro atoms. The van der Waals surface area contributed by atoms with Gasteiger partial charge in [-0.15, -0.1) is 0 Å². The summed E-state index contributed by atoms with van der Waals surface area (Å²) in [6.45, 7) is 8.57. The number of hydrogen-bond donors (Lipinski definition) is 1. The predicted molar refractivity (Wildman–Crippen MR) is 88.8 cm³/mol. The van der Waals surface area contributed by atoms with Gasteiger partial charge in [0.05, 0.1) is 4.90 Å². The number of sulfonamides is 1. The number of hydrogen-bond acceptors (Lipinski definition) is 3. The van der Waals surface area contributed by atoms with Crippen LogP contribution in [0.15, 0.2) is 23.1 Å². The van der Waals surface area contributed by atoms with Gasteiger partial charge in [-0.3, -0.25) is 0 Å². The van der Waals surface area contributed by atoms with Gasteiger partial charge in [0.2, 0.25) is 10.0 Å². The van der Waals surface area contributed by atoms with Crippen molar-refractivity contribution in [2.75, 3.05) is 12.3 Å². The Hall–Kier alpha value is -1.07. The maximum Gasteiger partial charge on any atom is 0.243 e. The number of benzene rings is 1. The molecule has 0 saturated carbocycles. The van der Waals surface area contributed by atoms with Crippen LogP contribution in [0.2, 0.25) is 0 Å². The van der Waals surface area contributed by atoms with Crippen molar-refractivity contribution in [1.82, 2.24) is 4.31 Å². The maximum absolute atomic E-state index is 13.0. The van der Waals surface area contributed by atoms with Crippen molar-refractivity contribution in [3.63, 3.8) is 0 Å². The summed E-state index contributed by atoms with van der Waals surface area (Å²) in [6, 6.07) is 5.16. The van der Waals surface area contributed by atoms with Crippen LogP contribution in [-0.4, -0.2) is 25.3 Å². The van der Waals surface area contributed by atoms with Gasteiger partial charge in [0, 0.05) is 18.3 Å². The van der Waals surface area contributed by atoms with Crippen molar-refractivity contribution in [1.29, 1.82) is 0 Å². The molecule has 0 aliphatic heterocycles. The topological polar surface area (TPSA) is 63.4 Å². The maximum atomic E-state index is 13.0. The lowest BCUT2D eigenvalue weighted by Gasteiger charge is -2.28. The molecule has 0 radical (unpaired) electrons. The SMILES string of the molecule is CCCCN(C(C)CC)S(=O)(=O)c1cc(N)ccc1CC. The average Bonchev–Trinajstić information content (AvgIpc) is 2.47. The highest BCUT2D eigenvalue weighted by atomic mass is 32.2. The van der Waals surface area contributed by atoms with Crippen LogP contribution in [-0.2, 0) is 16.4 Å². The molecular formula is C16H28N2O2S. The van der Waals surface area contributed by atoms with Crippen LogP contribution >= 0.6 is 0 Å². The Morgan fingerprint density at radius 3 is 2.43 bits per heavy atom. The number of aryl methyl sites for hydroxylation is 1. The van der Waals surface area contributed by atoms with Gasteiger partial charge in [-0.2, -0.15) is 4.31 Å². The summed E-state index contributed by atoms with van der Waals surface area (Å²) in [7, 11) is -3.50. The molecule has 0 saturated heterocycles. The lowest BCUT2D eigenvalue weighted by Crippen LogP contribution is -2.39. The van der Waals surface area contributed by atoms with E-state index in [-0.39, 0.29) is 6.04 Å². The molecule has 0 amide bonds. The summed E-state index contributed by atoms with van der Waals surface area (Å²) < 4.78 is 27.7. The lowest BCUT2D eigenvalue weighted by atomic mass is 10.1. The van der Waals surface area contributed by atoms with E-state index >= 15 is 0 Å². The molecule has 0 fully saturated rings. The average molecular weight is 312 g/mol. The zero-order valence-electron chi connectivity index (χ0n) is 13.6. The molecule has 1 atom stereocenters. The third-order valence-electron chi connectivity index (χ3n) is 3.87. The molecule has 1 rings (SSSR count). The van der Waals surface area contributed by atoms with Crippen molar-refractivity contribution in [2.24, 2.45) is 0 Å². The van der Waals surface area contributed by atoms with Gasteiger partial charge < -0.3 is 5.73 Å². The van der Waals surface area contributed by atoms with Crippen LogP contribution in [0.1, 0.15) is 52.5 Å². The largest absolute Gasteiger partial charge is 0.399 e. The Balaban J connectivity index is 3.31. The zero-order valence-corrected chi connectivity index (χ0v) is 14.4. The molecule has 2 N–H and O–H groups in total. The molecule has 0 aliphatic rings. The molecule has 21 heavy (non-hydrogen) atoms. The molecule has 5 heteroatoms. The van der Waals surface area contributed by atoms with Crippen molar-refractivity contribution in [3.05, 3.63) is 23.8 Å². The Bertz CT molecular complexity index is 555. The summed E-state index contributed by atoms with van der Waals surface area (Å²) in [5.74, 6) is 0. The van der Waals surface area contributed by atoms with E-state index in [2.05, 4.69) is 6.92 Å². The van der Waals surface area contributed by atoms with Crippen LogP contribution < -0.4 is 5.73 Å². The van der Waals surface area contributed by atoms with Gasteiger partial charge in [-0.1, -0.05) is 33.3 Å². The second kappa shape index (κ2) is 7.80. The fourth-order valence-corrected chi connectivity index (χ4v) is 4.40. The van der Waals surface area contributed by atoms with E-state index in [0.717, 1.165) is 24.8 Å². The van der Waals surface area contributed by atoms with E-state index in [1.807, 2.05) is 26.8 Å². The van der Waals surface area contributed by atoms with Crippen molar-refractivity contribution in [2.45, 2.75) is 64.3 Å². The fourth-order valence-electron chi connectivity index (χ4n) is 2.32. The fraction of sp³-hybridized carbons (Fsp3) is 0.625. The Labute approximate surface area is 129 Å². The summed E-state index contributed by atoms with van der Waals surface area (Å²) >= 11 is 0. The van der Waals surface area contributed by atoms with Gasteiger partial charge in [-0.05, 0) is 43.9 Å². The van der Waals surface area contributed by atoms with E-state index in [1.54, 1.807) is 16.4 Å². The van der Waals surface area contributed by atoms with Crippen LogP contribution in [0.3, 0.4) is 0 Å². The Morgan fingerprint density at radius 1 is 1.24 bits per heavy atom. The normalized spacial score (nSPS) is 13.6. The molecule has 0 bridgehead atoms. The monoisotopic (exact) mass is 312 g/mol. The number of nitrogen functional groups attached to an aromatic ring is 1. The summed E-state index contributed by atoms with van der Waals surface area (Å²) in [5, 5.41) is 0. The Morgan fingerprint density at radius 2 is 1.90 bits per heavy atom. The van der Waals surface area contributed by atoms with Gasteiger partial charge in [0.25, 0.3) is 0 Å². The van der Waals surface area contributed by atoms with Crippen molar-refractivity contribution >= 4 is 15.7 Å². The first-order valence-corrected chi connectivity index (χ1v) is 9.22. The molecule has 0 aromatic heterocycles. The molecule has 120 valence electrons. The zero-order chi connectivity index (χ0) is 16.0. The van der Waals surface area contributed by atoms with Gasteiger partial charge in [0.15, 0.2) is 0 Å². The minimum absolute atomic E-state index is 0.00677. The first-order chi connectivity index (χ1) is 9.88. The van der Waals surface area contributed by atoms with E-state index in [9.17, 15) is 8.42 Å². The first-order valence-electron chi connectivity index (χ1n) is 7.78. The number of anilines is 1. The van der Waals surface area contributed by atoms with E-state index in [0.29, 0.717) is 23.5 Å². The number of rotatable bonds is 8. The standard InChI is InChI=1S/C16H28N2O2S/c1-5-8-11-18(13(4)6-2)21(19,20)16-12-15(17)10-9-14(16)7-3/h9-10,12-13H,5-8,11,17H2,1-4H3. The lowest BCUT2D eigenvalue weighted by molar-refractivity contribution is 0.324. The van der Waals surface area contributed by atoms with Crippen molar-refractivity contribution in [3.8, 4) is 0 Å². The van der Waals surface area contributed by atoms with Crippen LogP contribution in [0, 0.1) is 0 Å². The van der Waals surface area contributed by atoms with Crippen molar-refractivity contribution < 1.29 is 8.42 Å². The van der Waals surface area contributed by atoms with Crippen LogP contribution in [0.4, 0.5) is 5.69 Å². The first kappa shape index (κ1) is 18.0. The second-order valence-electron chi connectivity index (χ2n) is 5.45. The molecule has 0 heterocycles.